The van der Waals surface area contributed by atoms with Crippen molar-refractivity contribution in [2.45, 2.75) is 26.8 Å². The van der Waals surface area contributed by atoms with Crippen molar-refractivity contribution in [2.24, 2.45) is 0 Å². The number of hydrogen-bond acceptors (Lipinski definition) is 5. The smallest absolute Gasteiger partial charge is 0.250 e. The Hall–Kier alpha value is -3.48. The zero-order chi connectivity index (χ0) is 20.4. The maximum absolute atomic E-state index is 13.8. The predicted molar refractivity (Wildman–Crippen MR) is 111 cm³/mol. The lowest BCUT2D eigenvalue weighted by molar-refractivity contribution is 0.368. The number of nitrogens with one attached hydrogen (secondary N) is 2. The second-order valence-corrected chi connectivity index (χ2v) is 7.03. The average molecular weight is 391 g/mol. The molecular formula is C22H22FN5O. The summed E-state index contributed by atoms with van der Waals surface area (Å²) in [5, 5.41) is 4.35. The number of fused-ring (bicyclic) bond motifs is 1. The third-order valence-electron chi connectivity index (χ3n) is 4.86. The molecular weight excluding hydrogens is 369 g/mol. The summed E-state index contributed by atoms with van der Waals surface area (Å²) in [5.74, 6) is 0.253. The molecule has 4 rings (SSSR count). The highest BCUT2D eigenvalue weighted by Crippen LogP contribution is 2.23. The van der Waals surface area contributed by atoms with Gasteiger partial charge in [-0.15, -0.1) is 0 Å². The van der Waals surface area contributed by atoms with Crippen molar-refractivity contribution in [2.75, 3.05) is 12.4 Å². The van der Waals surface area contributed by atoms with Gasteiger partial charge in [-0.3, -0.25) is 0 Å². The molecule has 7 heteroatoms. The molecule has 4 aromatic heterocycles. The highest BCUT2D eigenvalue weighted by atomic mass is 19.1. The molecule has 0 spiro atoms. The van der Waals surface area contributed by atoms with E-state index in [0.717, 1.165) is 40.1 Å². The second kappa shape index (κ2) is 7.87. The average Bonchev–Trinajstić information content (AvgIpc) is 3.10. The predicted octanol–water partition coefficient (Wildman–Crippen LogP) is 4.32. The van der Waals surface area contributed by atoms with E-state index < -0.39 is 5.82 Å². The SMILES string of the molecule is COc1ncc(CNc2ccc(Cc3c[nH]c4ncc(C)cc34)c(C)n2)cc1F. The van der Waals surface area contributed by atoms with Crippen LogP contribution >= 0.6 is 0 Å². The van der Waals surface area contributed by atoms with E-state index in [-0.39, 0.29) is 5.88 Å². The topological polar surface area (TPSA) is 75.7 Å². The van der Waals surface area contributed by atoms with Crippen LogP contribution in [0.3, 0.4) is 0 Å². The number of H-pyrrole nitrogens is 1. The van der Waals surface area contributed by atoms with Crippen LogP contribution in [0.2, 0.25) is 0 Å². The van der Waals surface area contributed by atoms with Gasteiger partial charge in [-0.1, -0.05) is 6.07 Å². The first-order chi connectivity index (χ1) is 14.0. The third-order valence-corrected chi connectivity index (χ3v) is 4.86. The third kappa shape index (κ3) is 4.03. The van der Waals surface area contributed by atoms with Crippen molar-refractivity contribution in [3.05, 3.63) is 76.6 Å². The zero-order valence-corrected chi connectivity index (χ0v) is 16.6. The lowest BCUT2D eigenvalue weighted by Gasteiger charge is -2.10. The molecule has 4 heterocycles. The van der Waals surface area contributed by atoms with Crippen LogP contribution in [0.4, 0.5) is 10.2 Å². The summed E-state index contributed by atoms with van der Waals surface area (Å²) >= 11 is 0. The zero-order valence-electron chi connectivity index (χ0n) is 16.6. The second-order valence-electron chi connectivity index (χ2n) is 7.03. The molecule has 0 saturated carbocycles. The molecule has 0 bridgehead atoms. The Balaban J connectivity index is 1.47. The number of aromatic amines is 1. The van der Waals surface area contributed by atoms with E-state index in [2.05, 4.69) is 37.4 Å². The Morgan fingerprint density at radius 2 is 1.97 bits per heavy atom. The fourth-order valence-electron chi connectivity index (χ4n) is 3.29. The van der Waals surface area contributed by atoms with E-state index in [1.807, 2.05) is 32.3 Å². The van der Waals surface area contributed by atoms with Crippen LogP contribution in [0.15, 0.2) is 42.9 Å². The van der Waals surface area contributed by atoms with Crippen molar-refractivity contribution >= 4 is 16.9 Å². The Bertz CT molecular complexity index is 1170. The summed E-state index contributed by atoms with van der Waals surface area (Å²) in [4.78, 5) is 16.3. The van der Waals surface area contributed by atoms with Crippen molar-refractivity contribution in [1.29, 1.82) is 0 Å². The van der Waals surface area contributed by atoms with Crippen molar-refractivity contribution in [3.63, 3.8) is 0 Å². The van der Waals surface area contributed by atoms with Crippen LogP contribution in [0, 0.1) is 19.7 Å². The quantitative estimate of drug-likeness (QED) is 0.512. The lowest BCUT2D eigenvalue weighted by atomic mass is 10.0. The summed E-state index contributed by atoms with van der Waals surface area (Å²) in [6, 6.07) is 7.57. The molecule has 0 aliphatic rings. The van der Waals surface area contributed by atoms with Crippen LogP contribution < -0.4 is 10.1 Å². The van der Waals surface area contributed by atoms with Crippen LogP contribution in [-0.4, -0.2) is 27.0 Å². The number of halogens is 1. The van der Waals surface area contributed by atoms with Gasteiger partial charge >= 0.3 is 0 Å². The molecule has 148 valence electrons. The van der Waals surface area contributed by atoms with E-state index in [9.17, 15) is 4.39 Å². The summed E-state index contributed by atoms with van der Waals surface area (Å²) in [5.41, 5.74) is 6.04. The molecule has 0 aromatic carbocycles. The number of rotatable bonds is 6. The van der Waals surface area contributed by atoms with E-state index in [1.165, 1.54) is 18.7 Å². The number of aryl methyl sites for hydroxylation is 2. The number of nitrogens with zero attached hydrogens (tertiary/aromatic N) is 3. The molecule has 29 heavy (non-hydrogen) atoms. The Morgan fingerprint density at radius 3 is 2.72 bits per heavy atom. The summed E-state index contributed by atoms with van der Waals surface area (Å²) in [6.07, 6.45) is 6.23. The number of hydrogen-bond donors (Lipinski definition) is 2. The van der Waals surface area contributed by atoms with E-state index in [4.69, 9.17) is 4.74 Å². The molecule has 0 unspecified atom stereocenters. The van der Waals surface area contributed by atoms with Crippen molar-refractivity contribution in [3.8, 4) is 5.88 Å². The minimum absolute atomic E-state index is 0.00486. The number of pyridine rings is 3. The first kappa shape index (κ1) is 18.9. The molecule has 0 aliphatic carbocycles. The molecule has 0 aliphatic heterocycles. The highest BCUT2D eigenvalue weighted by Gasteiger charge is 2.10. The maximum Gasteiger partial charge on any atom is 0.250 e. The van der Waals surface area contributed by atoms with Gasteiger partial charge in [0.25, 0.3) is 0 Å². The van der Waals surface area contributed by atoms with E-state index in [1.54, 1.807) is 6.20 Å². The number of methoxy groups -OCH3 is 1. The van der Waals surface area contributed by atoms with Gasteiger partial charge in [-0.25, -0.2) is 19.3 Å². The Morgan fingerprint density at radius 1 is 1.10 bits per heavy atom. The minimum atomic E-state index is -0.477. The normalized spacial score (nSPS) is 11.0. The Labute approximate surface area is 168 Å². The number of anilines is 1. The molecule has 0 amide bonds. The molecule has 2 N–H and O–H groups in total. The Kier molecular flexibility index (Phi) is 5.12. The minimum Gasteiger partial charge on any atom is -0.479 e. The molecule has 0 fully saturated rings. The largest absolute Gasteiger partial charge is 0.479 e. The van der Waals surface area contributed by atoms with Gasteiger partial charge in [-0.05, 0) is 54.3 Å². The first-order valence-corrected chi connectivity index (χ1v) is 9.35. The summed E-state index contributed by atoms with van der Waals surface area (Å²) < 4.78 is 18.6. The van der Waals surface area contributed by atoms with Gasteiger partial charge < -0.3 is 15.0 Å². The first-order valence-electron chi connectivity index (χ1n) is 9.35. The molecule has 0 atom stereocenters. The van der Waals surface area contributed by atoms with Crippen molar-refractivity contribution in [1.82, 2.24) is 19.9 Å². The van der Waals surface area contributed by atoms with E-state index in [0.29, 0.717) is 12.1 Å². The fraction of sp³-hybridized carbons (Fsp3) is 0.227. The number of ether oxygens (including phenoxy) is 1. The van der Waals surface area contributed by atoms with E-state index >= 15 is 0 Å². The monoisotopic (exact) mass is 391 g/mol. The van der Waals surface area contributed by atoms with Gasteiger partial charge in [0, 0.05) is 42.6 Å². The summed E-state index contributed by atoms with van der Waals surface area (Å²) in [6.45, 7) is 4.46. The highest BCUT2D eigenvalue weighted by molar-refractivity contribution is 5.80. The van der Waals surface area contributed by atoms with Crippen LogP contribution in [-0.2, 0) is 13.0 Å². The van der Waals surface area contributed by atoms with Gasteiger partial charge in [0.05, 0.1) is 7.11 Å². The molecule has 4 aromatic rings. The summed E-state index contributed by atoms with van der Waals surface area (Å²) in [7, 11) is 1.39. The maximum atomic E-state index is 13.8. The fourth-order valence-corrected chi connectivity index (χ4v) is 3.29. The van der Waals surface area contributed by atoms with Crippen molar-refractivity contribution < 1.29 is 9.13 Å². The standard InChI is InChI=1S/C22H22FN5O/c1-13-6-18-17(12-26-21(18)25-9-13)8-16-4-5-20(28-14(16)2)24-10-15-7-19(23)22(29-3)27-11-15/h4-7,9,11-12H,8,10H2,1-3H3,(H,24,28)(H,25,26). The van der Waals surface area contributed by atoms with Crippen LogP contribution in [0.1, 0.15) is 27.9 Å². The molecule has 6 nitrogen and oxygen atoms in total. The van der Waals surface area contributed by atoms with Gasteiger partial charge in [-0.2, -0.15) is 0 Å². The van der Waals surface area contributed by atoms with Gasteiger partial charge in [0.15, 0.2) is 5.82 Å². The molecule has 0 saturated heterocycles. The lowest BCUT2D eigenvalue weighted by Crippen LogP contribution is -2.05. The van der Waals surface area contributed by atoms with Crippen LogP contribution in [0.5, 0.6) is 5.88 Å². The molecule has 0 radical (unpaired) electrons. The van der Waals surface area contributed by atoms with Crippen LogP contribution in [0.25, 0.3) is 11.0 Å². The number of aromatic nitrogens is 4. The van der Waals surface area contributed by atoms with Gasteiger partial charge in [0.1, 0.15) is 11.5 Å². The van der Waals surface area contributed by atoms with Gasteiger partial charge in [0.2, 0.25) is 5.88 Å².